The number of rotatable bonds is 8. The highest BCUT2D eigenvalue weighted by molar-refractivity contribution is 5.18. The molecule has 0 aliphatic carbocycles. The Morgan fingerprint density at radius 3 is 2.65 bits per heavy atom. The molecule has 4 unspecified atom stereocenters. The highest BCUT2D eigenvalue weighted by Gasteiger charge is 2.46. The maximum atomic E-state index is 9.99. The molecule has 0 amide bonds. The molecule has 1 fully saturated rings. The standard InChI is InChI=1S/C18H33N5/c1-2-9-15(16(21)10-5-3-7-12-19)18(14-20)17(22)11-6-4-8-13-23-18/h15-17,23H,2-11,13,21-22H2,1H3. The summed E-state index contributed by atoms with van der Waals surface area (Å²) in [6, 6.07) is 4.49. The molecular weight excluding hydrogens is 286 g/mol. The number of hydrogen-bond acceptors (Lipinski definition) is 5. The molecule has 5 N–H and O–H groups in total. The number of nitrogens with zero attached hydrogens (tertiary/aromatic N) is 2. The second-order valence-corrected chi connectivity index (χ2v) is 6.83. The van der Waals surface area contributed by atoms with Crippen molar-refractivity contribution >= 4 is 0 Å². The van der Waals surface area contributed by atoms with Gasteiger partial charge in [0.05, 0.1) is 12.1 Å². The fourth-order valence-corrected chi connectivity index (χ4v) is 3.81. The highest BCUT2D eigenvalue weighted by Crippen LogP contribution is 2.32. The summed E-state index contributed by atoms with van der Waals surface area (Å²) >= 11 is 0. The minimum atomic E-state index is -0.717. The molecule has 0 radical (unpaired) electrons. The lowest BCUT2D eigenvalue weighted by Crippen LogP contribution is -2.65. The summed E-state index contributed by atoms with van der Waals surface area (Å²) in [6.45, 7) is 2.97. The van der Waals surface area contributed by atoms with Gasteiger partial charge < -0.3 is 11.5 Å². The summed E-state index contributed by atoms with van der Waals surface area (Å²) in [6.07, 6.45) is 9.37. The maximum absolute atomic E-state index is 9.99. The largest absolute Gasteiger partial charge is 0.327 e. The van der Waals surface area contributed by atoms with E-state index in [2.05, 4.69) is 24.4 Å². The van der Waals surface area contributed by atoms with Gasteiger partial charge in [-0.2, -0.15) is 10.5 Å². The lowest BCUT2D eigenvalue weighted by Gasteiger charge is -2.44. The van der Waals surface area contributed by atoms with Crippen LogP contribution < -0.4 is 16.8 Å². The minimum absolute atomic E-state index is 0.0498. The molecule has 5 heteroatoms. The van der Waals surface area contributed by atoms with E-state index in [9.17, 15) is 5.26 Å². The summed E-state index contributed by atoms with van der Waals surface area (Å²) < 4.78 is 0. The summed E-state index contributed by atoms with van der Waals surface area (Å²) in [7, 11) is 0. The van der Waals surface area contributed by atoms with Crippen molar-refractivity contribution in [3.63, 3.8) is 0 Å². The van der Waals surface area contributed by atoms with Gasteiger partial charge in [0.15, 0.2) is 0 Å². The van der Waals surface area contributed by atoms with Crippen molar-refractivity contribution in [3.8, 4) is 12.1 Å². The van der Waals surface area contributed by atoms with E-state index in [1.54, 1.807) is 0 Å². The van der Waals surface area contributed by atoms with E-state index in [-0.39, 0.29) is 18.0 Å². The summed E-state index contributed by atoms with van der Waals surface area (Å²) in [5.74, 6) is 0.0627. The van der Waals surface area contributed by atoms with Gasteiger partial charge in [0.1, 0.15) is 5.54 Å². The Morgan fingerprint density at radius 1 is 1.22 bits per heavy atom. The molecule has 1 aliphatic heterocycles. The van der Waals surface area contributed by atoms with E-state index in [0.717, 1.165) is 57.9 Å². The molecule has 0 aromatic rings. The molecule has 4 atom stereocenters. The molecule has 0 aromatic heterocycles. The Labute approximate surface area is 141 Å². The molecule has 1 rings (SSSR count). The molecule has 23 heavy (non-hydrogen) atoms. The van der Waals surface area contributed by atoms with Crippen molar-refractivity contribution in [2.75, 3.05) is 6.54 Å². The number of hydrogen-bond donors (Lipinski definition) is 3. The summed E-state index contributed by atoms with van der Waals surface area (Å²) in [4.78, 5) is 0. The van der Waals surface area contributed by atoms with Crippen LogP contribution in [0.1, 0.15) is 71.1 Å². The predicted octanol–water partition coefficient (Wildman–Crippen LogP) is 2.57. The lowest BCUT2D eigenvalue weighted by molar-refractivity contribution is 0.165. The van der Waals surface area contributed by atoms with Crippen molar-refractivity contribution in [1.29, 1.82) is 10.5 Å². The molecule has 0 bridgehead atoms. The maximum Gasteiger partial charge on any atom is 0.126 e. The van der Waals surface area contributed by atoms with Gasteiger partial charge in [-0.25, -0.2) is 0 Å². The first-order valence-electron chi connectivity index (χ1n) is 9.16. The molecule has 1 aliphatic rings. The smallest absolute Gasteiger partial charge is 0.126 e. The fraction of sp³-hybridized carbons (Fsp3) is 0.889. The normalized spacial score (nSPS) is 28.0. The van der Waals surface area contributed by atoms with E-state index < -0.39 is 5.54 Å². The monoisotopic (exact) mass is 319 g/mol. The van der Waals surface area contributed by atoms with Gasteiger partial charge >= 0.3 is 0 Å². The molecule has 0 spiro atoms. The number of nitrogens with two attached hydrogens (primary N) is 2. The van der Waals surface area contributed by atoms with Crippen LogP contribution in [0.5, 0.6) is 0 Å². The Bertz CT molecular complexity index is 411. The zero-order chi connectivity index (χ0) is 17.1. The summed E-state index contributed by atoms with van der Waals surface area (Å²) in [5, 5.41) is 22.1. The third-order valence-corrected chi connectivity index (χ3v) is 5.16. The van der Waals surface area contributed by atoms with Crippen molar-refractivity contribution < 1.29 is 0 Å². The summed E-state index contributed by atoms with van der Waals surface area (Å²) in [5.41, 5.74) is 12.2. The molecule has 0 aromatic carbocycles. The van der Waals surface area contributed by atoms with E-state index in [4.69, 9.17) is 16.7 Å². The van der Waals surface area contributed by atoms with Gasteiger partial charge in [-0.05, 0) is 38.6 Å². The number of nitriles is 2. The quantitative estimate of drug-likeness (QED) is 0.595. The van der Waals surface area contributed by atoms with E-state index in [0.29, 0.717) is 6.42 Å². The molecule has 1 saturated heterocycles. The first kappa shape index (κ1) is 19.9. The van der Waals surface area contributed by atoms with Crippen molar-refractivity contribution in [2.24, 2.45) is 17.4 Å². The zero-order valence-electron chi connectivity index (χ0n) is 14.6. The van der Waals surface area contributed by atoms with Crippen LogP contribution >= 0.6 is 0 Å². The zero-order valence-corrected chi connectivity index (χ0v) is 14.6. The first-order valence-corrected chi connectivity index (χ1v) is 9.16. The van der Waals surface area contributed by atoms with Crippen LogP contribution in [0.2, 0.25) is 0 Å². The van der Waals surface area contributed by atoms with Crippen LogP contribution in [0.3, 0.4) is 0 Å². The van der Waals surface area contributed by atoms with Crippen LogP contribution in [0.4, 0.5) is 0 Å². The SMILES string of the molecule is CCCC(C(N)CCCCC#N)C1(C#N)NCCCCCC1N. The van der Waals surface area contributed by atoms with E-state index in [1.807, 2.05) is 0 Å². The predicted molar refractivity (Wildman–Crippen MR) is 93.2 cm³/mol. The van der Waals surface area contributed by atoms with Gasteiger partial charge in [0.25, 0.3) is 0 Å². The third-order valence-electron chi connectivity index (χ3n) is 5.16. The molecule has 1 heterocycles. The van der Waals surface area contributed by atoms with Gasteiger partial charge in [-0.3, -0.25) is 5.32 Å². The van der Waals surface area contributed by atoms with E-state index >= 15 is 0 Å². The second-order valence-electron chi connectivity index (χ2n) is 6.83. The first-order chi connectivity index (χ1) is 11.1. The van der Waals surface area contributed by atoms with Crippen molar-refractivity contribution in [1.82, 2.24) is 5.32 Å². The molecule has 5 nitrogen and oxygen atoms in total. The van der Waals surface area contributed by atoms with Gasteiger partial charge in [-0.1, -0.05) is 32.6 Å². The van der Waals surface area contributed by atoms with Crippen LogP contribution in [-0.2, 0) is 0 Å². The Balaban J connectivity index is 2.88. The van der Waals surface area contributed by atoms with Crippen LogP contribution in [-0.4, -0.2) is 24.2 Å². The Morgan fingerprint density at radius 2 is 2.00 bits per heavy atom. The number of unbranched alkanes of at least 4 members (excludes halogenated alkanes) is 2. The highest BCUT2D eigenvalue weighted by atomic mass is 15.0. The topological polar surface area (TPSA) is 112 Å². The minimum Gasteiger partial charge on any atom is -0.327 e. The Hall–Kier alpha value is -1.14. The van der Waals surface area contributed by atoms with Gasteiger partial charge in [-0.15, -0.1) is 0 Å². The molecule has 0 saturated carbocycles. The van der Waals surface area contributed by atoms with Crippen LogP contribution in [0, 0.1) is 28.6 Å². The average molecular weight is 319 g/mol. The second kappa shape index (κ2) is 10.6. The lowest BCUT2D eigenvalue weighted by atomic mass is 9.70. The van der Waals surface area contributed by atoms with Gasteiger partial charge in [0.2, 0.25) is 0 Å². The van der Waals surface area contributed by atoms with Crippen LogP contribution in [0.25, 0.3) is 0 Å². The molecule has 130 valence electrons. The Kier molecular flexibility index (Phi) is 9.17. The molecular formula is C18H33N5. The van der Waals surface area contributed by atoms with Crippen LogP contribution in [0.15, 0.2) is 0 Å². The third kappa shape index (κ3) is 5.46. The van der Waals surface area contributed by atoms with Crippen molar-refractivity contribution in [2.45, 2.75) is 88.8 Å². The number of nitrogens with one attached hydrogen (secondary N) is 1. The average Bonchev–Trinajstić information content (AvgIpc) is 2.54. The van der Waals surface area contributed by atoms with Crippen molar-refractivity contribution in [3.05, 3.63) is 0 Å². The van der Waals surface area contributed by atoms with Gasteiger partial charge in [0, 0.05) is 24.4 Å². The van der Waals surface area contributed by atoms with E-state index in [1.165, 1.54) is 6.42 Å². The fourth-order valence-electron chi connectivity index (χ4n) is 3.81.